The highest BCUT2D eigenvalue weighted by Crippen LogP contribution is 2.30. The SMILES string of the molecule is Cc1csc(C(=O)NC2(CC(=O)O)CCOCC2)c1Cl. The molecule has 2 N–H and O–H groups in total. The van der Waals surface area contributed by atoms with Crippen molar-refractivity contribution in [2.45, 2.75) is 31.7 Å². The maximum atomic E-state index is 12.3. The largest absolute Gasteiger partial charge is 0.481 e. The number of ether oxygens (including phenoxy) is 1. The van der Waals surface area contributed by atoms with E-state index in [0.717, 1.165) is 5.56 Å². The molecule has 0 unspecified atom stereocenters. The molecule has 0 spiro atoms. The third-order valence-electron chi connectivity index (χ3n) is 3.42. The molecule has 1 aliphatic rings. The summed E-state index contributed by atoms with van der Waals surface area (Å²) in [6.07, 6.45) is 0.879. The quantitative estimate of drug-likeness (QED) is 0.894. The van der Waals surface area contributed by atoms with Gasteiger partial charge in [0.15, 0.2) is 0 Å². The van der Waals surface area contributed by atoms with Crippen LogP contribution >= 0.6 is 22.9 Å². The normalized spacial score (nSPS) is 17.7. The number of amides is 1. The lowest BCUT2D eigenvalue weighted by atomic mass is 9.86. The van der Waals surface area contributed by atoms with Crippen LogP contribution in [0, 0.1) is 6.92 Å². The van der Waals surface area contributed by atoms with Gasteiger partial charge >= 0.3 is 5.97 Å². The van der Waals surface area contributed by atoms with Crippen molar-refractivity contribution in [2.24, 2.45) is 0 Å². The maximum absolute atomic E-state index is 12.3. The maximum Gasteiger partial charge on any atom is 0.305 e. The predicted octanol–water partition coefficient (Wildman–Crippen LogP) is 2.46. The van der Waals surface area contributed by atoms with E-state index in [-0.39, 0.29) is 12.3 Å². The third-order valence-corrected chi connectivity index (χ3v) is 5.12. The van der Waals surface area contributed by atoms with Gasteiger partial charge in [0, 0.05) is 13.2 Å². The van der Waals surface area contributed by atoms with Crippen LogP contribution in [-0.4, -0.2) is 35.7 Å². The number of carboxylic acid groups (broad SMARTS) is 1. The number of halogens is 1. The summed E-state index contributed by atoms with van der Waals surface area (Å²) in [6.45, 7) is 2.73. The van der Waals surface area contributed by atoms with Crippen LogP contribution in [0.15, 0.2) is 5.38 Å². The lowest BCUT2D eigenvalue weighted by Crippen LogP contribution is -2.53. The van der Waals surface area contributed by atoms with Gasteiger partial charge < -0.3 is 15.2 Å². The number of carbonyl (C=O) groups is 2. The zero-order valence-electron chi connectivity index (χ0n) is 11.1. The summed E-state index contributed by atoms with van der Waals surface area (Å²) in [5.41, 5.74) is 0.101. The number of thiophene rings is 1. The molecule has 2 rings (SSSR count). The van der Waals surface area contributed by atoms with E-state index in [4.69, 9.17) is 21.4 Å². The van der Waals surface area contributed by atoms with E-state index in [0.29, 0.717) is 36.0 Å². The molecule has 7 heteroatoms. The smallest absolute Gasteiger partial charge is 0.305 e. The van der Waals surface area contributed by atoms with Crippen molar-refractivity contribution in [1.82, 2.24) is 5.32 Å². The Balaban J connectivity index is 2.17. The van der Waals surface area contributed by atoms with Crippen LogP contribution in [0.1, 0.15) is 34.5 Å². The molecular formula is C13H16ClNO4S. The number of aryl methyl sites for hydroxylation is 1. The Bertz CT molecular complexity index is 522. The summed E-state index contributed by atoms with van der Waals surface area (Å²) in [5, 5.41) is 14.2. The molecule has 0 bridgehead atoms. The molecule has 1 fully saturated rings. The van der Waals surface area contributed by atoms with E-state index in [1.807, 2.05) is 12.3 Å². The monoisotopic (exact) mass is 317 g/mol. The van der Waals surface area contributed by atoms with Gasteiger partial charge in [0.1, 0.15) is 4.88 Å². The van der Waals surface area contributed by atoms with Crippen LogP contribution in [0.5, 0.6) is 0 Å². The van der Waals surface area contributed by atoms with Crippen molar-refractivity contribution >= 4 is 34.8 Å². The zero-order valence-corrected chi connectivity index (χ0v) is 12.6. The lowest BCUT2D eigenvalue weighted by Gasteiger charge is -2.36. The van der Waals surface area contributed by atoms with Gasteiger partial charge in [0.2, 0.25) is 0 Å². The minimum atomic E-state index is -0.930. The standard InChI is InChI=1S/C13H16ClNO4S/c1-8-7-20-11(10(8)14)12(18)15-13(6-9(16)17)2-4-19-5-3-13/h7H,2-6H2,1H3,(H,15,18)(H,16,17). The predicted molar refractivity (Wildman–Crippen MR) is 76.6 cm³/mol. The summed E-state index contributed by atoms with van der Waals surface area (Å²) in [6, 6.07) is 0. The number of nitrogens with one attached hydrogen (secondary N) is 1. The molecule has 1 aliphatic heterocycles. The van der Waals surface area contributed by atoms with Crippen LogP contribution in [0.2, 0.25) is 5.02 Å². The molecule has 2 heterocycles. The Hall–Kier alpha value is -1.11. The average molecular weight is 318 g/mol. The summed E-state index contributed by atoms with van der Waals surface area (Å²) < 4.78 is 5.25. The van der Waals surface area contributed by atoms with E-state index in [2.05, 4.69) is 5.32 Å². The van der Waals surface area contributed by atoms with Gasteiger partial charge in [-0.3, -0.25) is 9.59 Å². The van der Waals surface area contributed by atoms with Gasteiger partial charge in [-0.25, -0.2) is 0 Å². The van der Waals surface area contributed by atoms with Crippen molar-refractivity contribution in [3.8, 4) is 0 Å². The van der Waals surface area contributed by atoms with Crippen molar-refractivity contribution in [3.05, 3.63) is 20.8 Å². The van der Waals surface area contributed by atoms with Crippen LogP contribution in [0.25, 0.3) is 0 Å². The van der Waals surface area contributed by atoms with E-state index < -0.39 is 11.5 Å². The van der Waals surface area contributed by atoms with Gasteiger partial charge in [-0.1, -0.05) is 11.6 Å². The minimum absolute atomic E-state index is 0.107. The molecule has 110 valence electrons. The molecule has 0 radical (unpaired) electrons. The molecule has 1 saturated heterocycles. The first-order chi connectivity index (χ1) is 9.43. The van der Waals surface area contributed by atoms with Gasteiger partial charge in [-0.05, 0) is 30.7 Å². The molecule has 5 nitrogen and oxygen atoms in total. The fourth-order valence-electron chi connectivity index (χ4n) is 2.28. The van der Waals surface area contributed by atoms with E-state index in [1.54, 1.807) is 0 Å². The highest BCUT2D eigenvalue weighted by Gasteiger charge is 2.37. The van der Waals surface area contributed by atoms with Gasteiger partial charge in [-0.15, -0.1) is 11.3 Å². The molecular weight excluding hydrogens is 302 g/mol. The molecule has 1 aromatic heterocycles. The molecule has 0 saturated carbocycles. The summed E-state index contributed by atoms with van der Waals surface area (Å²) >= 11 is 7.35. The second-order valence-corrected chi connectivity index (χ2v) is 6.24. The molecule has 0 aromatic carbocycles. The number of hydrogen-bond acceptors (Lipinski definition) is 4. The molecule has 0 atom stereocenters. The average Bonchev–Trinajstić information content (AvgIpc) is 2.70. The fourth-order valence-corrected chi connectivity index (χ4v) is 3.45. The molecule has 1 amide bonds. The van der Waals surface area contributed by atoms with E-state index in [1.165, 1.54) is 11.3 Å². The Labute approximate surface area is 125 Å². The summed E-state index contributed by atoms with van der Waals surface area (Å²) in [7, 11) is 0. The number of aliphatic carboxylic acids is 1. The first-order valence-corrected chi connectivity index (χ1v) is 7.55. The molecule has 20 heavy (non-hydrogen) atoms. The fraction of sp³-hybridized carbons (Fsp3) is 0.538. The molecule has 1 aromatic rings. The van der Waals surface area contributed by atoms with Gasteiger partial charge in [0.05, 0.1) is 17.0 Å². The number of hydrogen-bond donors (Lipinski definition) is 2. The van der Waals surface area contributed by atoms with Crippen molar-refractivity contribution < 1.29 is 19.4 Å². The topological polar surface area (TPSA) is 75.6 Å². The van der Waals surface area contributed by atoms with E-state index >= 15 is 0 Å². The van der Waals surface area contributed by atoms with Crippen LogP contribution in [0.3, 0.4) is 0 Å². The van der Waals surface area contributed by atoms with Crippen LogP contribution in [-0.2, 0) is 9.53 Å². The molecule has 0 aliphatic carbocycles. The van der Waals surface area contributed by atoms with E-state index in [9.17, 15) is 9.59 Å². The highest BCUT2D eigenvalue weighted by molar-refractivity contribution is 7.13. The van der Waals surface area contributed by atoms with Crippen molar-refractivity contribution in [3.63, 3.8) is 0 Å². The summed E-state index contributed by atoms with van der Waals surface area (Å²) in [5.74, 6) is -1.24. The van der Waals surface area contributed by atoms with Crippen LogP contribution in [0.4, 0.5) is 0 Å². The Kier molecular flexibility index (Phi) is 4.67. The second kappa shape index (κ2) is 6.11. The number of rotatable bonds is 4. The third kappa shape index (κ3) is 3.31. The first-order valence-electron chi connectivity index (χ1n) is 6.29. The Morgan fingerprint density at radius 3 is 2.65 bits per heavy atom. The minimum Gasteiger partial charge on any atom is -0.481 e. The number of carboxylic acids is 1. The van der Waals surface area contributed by atoms with Crippen molar-refractivity contribution in [1.29, 1.82) is 0 Å². The second-order valence-electron chi connectivity index (χ2n) is 4.98. The Morgan fingerprint density at radius 2 is 2.15 bits per heavy atom. The van der Waals surface area contributed by atoms with Crippen molar-refractivity contribution in [2.75, 3.05) is 13.2 Å². The van der Waals surface area contributed by atoms with Gasteiger partial charge in [0.25, 0.3) is 5.91 Å². The number of carbonyl (C=O) groups excluding carboxylic acids is 1. The lowest BCUT2D eigenvalue weighted by molar-refractivity contribution is -0.139. The van der Waals surface area contributed by atoms with Gasteiger partial charge in [-0.2, -0.15) is 0 Å². The highest BCUT2D eigenvalue weighted by atomic mass is 35.5. The first kappa shape index (κ1) is 15.3. The zero-order chi connectivity index (χ0) is 14.8. The summed E-state index contributed by atoms with van der Waals surface area (Å²) in [4.78, 5) is 23.8. The Morgan fingerprint density at radius 1 is 1.50 bits per heavy atom. The van der Waals surface area contributed by atoms with Crippen LogP contribution < -0.4 is 5.32 Å².